The number of hydrogen-bond donors (Lipinski definition) is 1. The van der Waals surface area contributed by atoms with Crippen LogP contribution in [0.3, 0.4) is 0 Å². The molecule has 0 fully saturated rings. The van der Waals surface area contributed by atoms with Crippen LogP contribution in [0.4, 0.5) is 4.39 Å². The topological polar surface area (TPSA) is 28.7 Å². The summed E-state index contributed by atoms with van der Waals surface area (Å²) in [4.78, 5) is 0. The Morgan fingerprint density at radius 1 is 1.50 bits per heavy atom. The zero-order chi connectivity index (χ0) is 8.55. The molecule has 12 heavy (non-hydrogen) atoms. The first-order valence-corrected chi connectivity index (χ1v) is 3.93. The summed E-state index contributed by atoms with van der Waals surface area (Å²) in [6, 6.07) is 3.60. The van der Waals surface area contributed by atoms with Crippen LogP contribution in [-0.4, -0.2) is 10.2 Å². The number of H-pyrrole nitrogens is 1. The smallest absolute Gasteiger partial charge is 0.137 e. The molecule has 1 heterocycles. The Morgan fingerprint density at radius 3 is 3.08 bits per heavy atom. The van der Waals surface area contributed by atoms with E-state index >= 15 is 0 Å². The molecule has 2 nitrogen and oxygen atoms in total. The number of rotatable bonds is 1. The molecular formula is C9H9FN2. The van der Waals surface area contributed by atoms with Gasteiger partial charge >= 0.3 is 0 Å². The molecule has 1 aromatic heterocycles. The van der Waals surface area contributed by atoms with E-state index in [-0.39, 0.29) is 5.82 Å². The molecule has 0 saturated carbocycles. The normalized spacial score (nSPS) is 10.8. The lowest BCUT2D eigenvalue weighted by atomic mass is 10.1. The van der Waals surface area contributed by atoms with Gasteiger partial charge in [-0.2, -0.15) is 5.10 Å². The molecule has 0 aliphatic rings. The summed E-state index contributed by atoms with van der Waals surface area (Å²) >= 11 is 0. The van der Waals surface area contributed by atoms with Crippen LogP contribution in [0.1, 0.15) is 12.5 Å². The second kappa shape index (κ2) is 2.59. The zero-order valence-electron chi connectivity index (χ0n) is 6.76. The Balaban J connectivity index is 2.78. The number of aromatic nitrogens is 2. The summed E-state index contributed by atoms with van der Waals surface area (Å²) in [6.07, 6.45) is 2.30. The minimum absolute atomic E-state index is 0.149. The number of aryl methyl sites for hydroxylation is 1. The molecular weight excluding hydrogens is 155 g/mol. The van der Waals surface area contributed by atoms with Crippen molar-refractivity contribution in [1.29, 1.82) is 0 Å². The highest BCUT2D eigenvalue weighted by Crippen LogP contribution is 2.18. The highest BCUT2D eigenvalue weighted by Gasteiger charge is 2.06. The van der Waals surface area contributed by atoms with Gasteiger partial charge in [0.25, 0.3) is 0 Å². The number of nitrogens with one attached hydrogen (secondary N) is 1. The second-order valence-electron chi connectivity index (χ2n) is 2.71. The number of aromatic amines is 1. The molecule has 0 amide bonds. The van der Waals surface area contributed by atoms with Crippen molar-refractivity contribution in [2.24, 2.45) is 0 Å². The number of benzene rings is 1. The lowest BCUT2D eigenvalue weighted by Crippen LogP contribution is -1.87. The van der Waals surface area contributed by atoms with Gasteiger partial charge in [0.05, 0.1) is 10.9 Å². The van der Waals surface area contributed by atoms with Crippen LogP contribution in [0.5, 0.6) is 0 Å². The zero-order valence-corrected chi connectivity index (χ0v) is 6.76. The maximum absolute atomic E-state index is 13.4. The van der Waals surface area contributed by atoms with E-state index in [0.717, 1.165) is 5.56 Å². The number of halogens is 1. The number of nitrogens with zero attached hydrogens (tertiary/aromatic N) is 1. The first kappa shape index (κ1) is 7.28. The van der Waals surface area contributed by atoms with Crippen molar-refractivity contribution in [2.45, 2.75) is 13.3 Å². The van der Waals surface area contributed by atoms with Crippen molar-refractivity contribution in [1.82, 2.24) is 10.2 Å². The maximum atomic E-state index is 13.4. The maximum Gasteiger partial charge on any atom is 0.137 e. The van der Waals surface area contributed by atoms with Gasteiger partial charge < -0.3 is 0 Å². The van der Waals surface area contributed by atoms with Crippen LogP contribution < -0.4 is 0 Å². The van der Waals surface area contributed by atoms with Crippen molar-refractivity contribution in [2.75, 3.05) is 0 Å². The molecule has 0 unspecified atom stereocenters. The Bertz CT molecular complexity index is 406. The third-order valence-electron chi connectivity index (χ3n) is 2.01. The highest BCUT2D eigenvalue weighted by molar-refractivity contribution is 5.79. The van der Waals surface area contributed by atoms with Crippen LogP contribution in [0, 0.1) is 5.82 Å². The van der Waals surface area contributed by atoms with E-state index in [4.69, 9.17) is 0 Å². The highest BCUT2D eigenvalue weighted by atomic mass is 19.1. The first-order chi connectivity index (χ1) is 5.83. The molecule has 0 spiro atoms. The third-order valence-corrected chi connectivity index (χ3v) is 2.01. The number of fused-ring (bicyclic) bond motifs is 1. The van der Waals surface area contributed by atoms with Crippen molar-refractivity contribution in [3.8, 4) is 0 Å². The standard InChI is InChI=1S/C9H9FN2/c1-2-6-3-4-8-7(9(6)10)5-11-12-8/h3-5H,2H2,1H3,(H,11,12). The number of hydrogen-bond acceptors (Lipinski definition) is 1. The van der Waals surface area contributed by atoms with Gasteiger partial charge in [-0.15, -0.1) is 0 Å². The Hall–Kier alpha value is -1.38. The summed E-state index contributed by atoms with van der Waals surface area (Å²) in [6.45, 7) is 1.93. The van der Waals surface area contributed by atoms with Gasteiger partial charge in [-0.05, 0) is 18.1 Å². The fourth-order valence-electron chi connectivity index (χ4n) is 1.30. The second-order valence-corrected chi connectivity index (χ2v) is 2.71. The molecule has 62 valence electrons. The molecule has 0 atom stereocenters. The summed E-state index contributed by atoms with van der Waals surface area (Å²) in [5.41, 5.74) is 1.42. The molecule has 0 saturated heterocycles. The fraction of sp³-hybridized carbons (Fsp3) is 0.222. The van der Waals surface area contributed by atoms with Crippen LogP contribution in [0.2, 0.25) is 0 Å². The Kier molecular flexibility index (Phi) is 1.57. The van der Waals surface area contributed by atoms with E-state index in [9.17, 15) is 4.39 Å². The SMILES string of the molecule is CCc1ccc2n[nH]cc2c1F. The van der Waals surface area contributed by atoms with Crippen LogP contribution >= 0.6 is 0 Å². The van der Waals surface area contributed by atoms with Crippen LogP contribution in [0.15, 0.2) is 18.3 Å². The predicted octanol–water partition coefficient (Wildman–Crippen LogP) is 2.26. The van der Waals surface area contributed by atoms with E-state index in [1.54, 1.807) is 12.3 Å². The van der Waals surface area contributed by atoms with Crippen molar-refractivity contribution in [3.05, 3.63) is 29.7 Å². The van der Waals surface area contributed by atoms with Gasteiger partial charge in [-0.1, -0.05) is 13.0 Å². The molecule has 1 N–H and O–H groups in total. The molecule has 0 radical (unpaired) electrons. The molecule has 2 rings (SSSR count). The Morgan fingerprint density at radius 2 is 2.33 bits per heavy atom. The van der Waals surface area contributed by atoms with Gasteiger partial charge in [-0.3, -0.25) is 5.10 Å². The van der Waals surface area contributed by atoms with E-state index in [1.807, 2.05) is 13.0 Å². The predicted molar refractivity (Wildman–Crippen MR) is 45.4 cm³/mol. The molecule has 2 aromatic rings. The van der Waals surface area contributed by atoms with E-state index in [0.29, 0.717) is 17.3 Å². The van der Waals surface area contributed by atoms with Gasteiger partial charge in [-0.25, -0.2) is 4.39 Å². The Labute approximate surface area is 69.4 Å². The quantitative estimate of drug-likeness (QED) is 0.688. The van der Waals surface area contributed by atoms with Gasteiger partial charge in [0.1, 0.15) is 5.82 Å². The average molecular weight is 164 g/mol. The summed E-state index contributed by atoms with van der Waals surface area (Å²) in [5.74, 6) is -0.149. The molecule has 1 aromatic carbocycles. The molecule has 0 aliphatic heterocycles. The van der Waals surface area contributed by atoms with E-state index in [2.05, 4.69) is 10.2 Å². The lowest BCUT2D eigenvalue weighted by molar-refractivity contribution is 0.624. The average Bonchev–Trinajstić information content (AvgIpc) is 2.53. The lowest BCUT2D eigenvalue weighted by Gasteiger charge is -1.98. The minimum atomic E-state index is -0.149. The molecule has 0 aliphatic carbocycles. The summed E-state index contributed by atoms with van der Waals surface area (Å²) in [5, 5.41) is 7.11. The van der Waals surface area contributed by atoms with E-state index < -0.39 is 0 Å². The van der Waals surface area contributed by atoms with Gasteiger partial charge in [0.15, 0.2) is 0 Å². The van der Waals surface area contributed by atoms with E-state index in [1.165, 1.54) is 0 Å². The molecule has 0 bridgehead atoms. The summed E-state index contributed by atoms with van der Waals surface area (Å²) < 4.78 is 13.4. The van der Waals surface area contributed by atoms with Gasteiger partial charge in [0.2, 0.25) is 0 Å². The molecule has 3 heteroatoms. The van der Waals surface area contributed by atoms with Gasteiger partial charge in [0, 0.05) is 6.20 Å². The van der Waals surface area contributed by atoms with Crippen molar-refractivity contribution < 1.29 is 4.39 Å². The monoisotopic (exact) mass is 164 g/mol. The van der Waals surface area contributed by atoms with Crippen LogP contribution in [0.25, 0.3) is 10.9 Å². The van der Waals surface area contributed by atoms with Crippen molar-refractivity contribution >= 4 is 10.9 Å². The summed E-state index contributed by atoms with van der Waals surface area (Å²) in [7, 11) is 0. The van der Waals surface area contributed by atoms with Crippen LogP contribution in [-0.2, 0) is 6.42 Å². The fourth-order valence-corrected chi connectivity index (χ4v) is 1.30. The first-order valence-electron chi connectivity index (χ1n) is 3.93. The largest absolute Gasteiger partial charge is 0.284 e. The minimum Gasteiger partial charge on any atom is -0.284 e. The van der Waals surface area contributed by atoms with Crippen molar-refractivity contribution in [3.63, 3.8) is 0 Å². The third kappa shape index (κ3) is 0.897.